The fourth-order valence-corrected chi connectivity index (χ4v) is 1.96. The van der Waals surface area contributed by atoms with Gasteiger partial charge in [-0.3, -0.25) is 9.59 Å². The van der Waals surface area contributed by atoms with E-state index in [1.165, 1.54) is 9.80 Å². The maximum Gasteiger partial charge on any atom is 0.320 e. The van der Waals surface area contributed by atoms with E-state index < -0.39 is 17.8 Å². The molecule has 3 amide bonds. The highest BCUT2D eigenvalue weighted by atomic mass is 16.4. The van der Waals surface area contributed by atoms with Gasteiger partial charge in [0.1, 0.15) is 6.54 Å². The molecule has 1 unspecified atom stereocenters. The van der Waals surface area contributed by atoms with Gasteiger partial charge in [0.25, 0.3) is 0 Å². The van der Waals surface area contributed by atoms with E-state index in [2.05, 4.69) is 0 Å². The minimum Gasteiger partial charge on any atom is -0.481 e. The molecule has 0 spiro atoms. The predicted octanol–water partition coefficient (Wildman–Crippen LogP) is -0.291. The zero-order valence-corrected chi connectivity index (χ0v) is 10.6. The molecule has 1 saturated heterocycles. The van der Waals surface area contributed by atoms with E-state index >= 15 is 0 Å². The molecule has 102 valence electrons. The van der Waals surface area contributed by atoms with Crippen LogP contribution in [-0.4, -0.2) is 58.5 Å². The summed E-state index contributed by atoms with van der Waals surface area (Å²) in [6.45, 7) is 4.01. The van der Waals surface area contributed by atoms with E-state index in [1.54, 1.807) is 13.8 Å². The molecule has 7 heteroatoms. The number of nitrogens with zero attached hydrogens (tertiary/aromatic N) is 2. The third kappa shape index (κ3) is 3.35. The largest absolute Gasteiger partial charge is 0.481 e. The first-order valence-electron chi connectivity index (χ1n) is 5.89. The molecule has 0 aliphatic carbocycles. The van der Waals surface area contributed by atoms with Gasteiger partial charge < -0.3 is 20.6 Å². The highest BCUT2D eigenvalue weighted by molar-refractivity contribution is 5.84. The number of nitrogens with two attached hydrogens (primary N) is 1. The van der Waals surface area contributed by atoms with Gasteiger partial charge in [0.2, 0.25) is 5.91 Å². The van der Waals surface area contributed by atoms with Crippen LogP contribution < -0.4 is 5.73 Å². The van der Waals surface area contributed by atoms with Gasteiger partial charge in [-0.05, 0) is 20.3 Å². The summed E-state index contributed by atoms with van der Waals surface area (Å²) in [5.41, 5.74) is 5.10. The van der Waals surface area contributed by atoms with Gasteiger partial charge in [0, 0.05) is 19.1 Å². The Morgan fingerprint density at radius 3 is 2.44 bits per heavy atom. The molecule has 0 saturated carbocycles. The molecule has 0 bridgehead atoms. The molecular formula is C11H19N3O4. The summed E-state index contributed by atoms with van der Waals surface area (Å²) in [7, 11) is 0. The number of carbonyl (C=O) groups excluding carboxylic acids is 2. The van der Waals surface area contributed by atoms with Gasteiger partial charge in [-0.15, -0.1) is 0 Å². The van der Waals surface area contributed by atoms with Crippen LogP contribution in [0.2, 0.25) is 0 Å². The normalized spacial score (nSPS) is 19.1. The van der Waals surface area contributed by atoms with Crippen molar-refractivity contribution in [2.75, 3.05) is 19.6 Å². The number of amides is 3. The van der Waals surface area contributed by atoms with Gasteiger partial charge in [-0.25, -0.2) is 4.79 Å². The third-order valence-electron chi connectivity index (χ3n) is 3.00. The lowest BCUT2D eigenvalue weighted by atomic mass is 10.1. The van der Waals surface area contributed by atoms with Crippen molar-refractivity contribution in [3.63, 3.8) is 0 Å². The first-order valence-corrected chi connectivity index (χ1v) is 5.89. The minimum atomic E-state index is -0.892. The number of primary amides is 1. The Hall–Kier alpha value is -1.79. The van der Waals surface area contributed by atoms with Crippen molar-refractivity contribution < 1.29 is 19.5 Å². The highest BCUT2D eigenvalue weighted by Gasteiger charge is 2.34. The molecule has 0 aromatic heterocycles. The topological polar surface area (TPSA) is 104 Å². The van der Waals surface area contributed by atoms with E-state index in [1.807, 2.05) is 0 Å². The Morgan fingerprint density at radius 2 is 2.06 bits per heavy atom. The van der Waals surface area contributed by atoms with Crippen molar-refractivity contribution in [2.24, 2.45) is 11.7 Å². The fourth-order valence-electron chi connectivity index (χ4n) is 1.96. The Kier molecular flexibility index (Phi) is 4.52. The van der Waals surface area contributed by atoms with Gasteiger partial charge in [0.05, 0.1) is 5.92 Å². The number of hydrogen-bond donors (Lipinski definition) is 2. The monoisotopic (exact) mass is 257 g/mol. The van der Waals surface area contributed by atoms with Crippen LogP contribution in [0.3, 0.4) is 0 Å². The zero-order chi connectivity index (χ0) is 13.9. The second kappa shape index (κ2) is 5.70. The molecule has 1 heterocycles. The number of carbonyl (C=O) groups is 3. The van der Waals surface area contributed by atoms with Crippen LogP contribution in [0.4, 0.5) is 4.79 Å². The maximum absolute atomic E-state index is 12.1. The number of rotatable bonds is 4. The van der Waals surface area contributed by atoms with Gasteiger partial charge in [-0.2, -0.15) is 0 Å². The Labute approximate surface area is 106 Å². The zero-order valence-electron chi connectivity index (χ0n) is 10.6. The first kappa shape index (κ1) is 14.3. The van der Waals surface area contributed by atoms with Crippen LogP contribution >= 0.6 is 0 Å². The van der Waals surface area contributed by atoms with Crippen molar-refractivity contribution in [2.45, 2.75) is 26.3 Å². The van der Waals surface area contributed by atoms with Crippen LogP contribution in [-0.2, 0) is 9.59 Å². The molecule has 1 aliphatic heterocycles. The van der Waals surface area contributed by atoms with Gasteiger partial charge in [-0.1, -0.05) is 0 Å². The second-order valence-electron chi connectivity index (χ2n) is 4.74. The Bertz CT molecular complexity index is 356. The van der Waals surface area contributed by atoms with Crippen LogP contribution in [0.15, 0.2) is 0 Å². The third-order valence-corrected chi connectivity index (χ3v) is 3.00. The van der Waals surface area contributed by atoms with E-state index in [9.17, 15) is 14.4 Å². The summed E-state index contributed by atoms with van der Waals surface area (Å²) in [6, 6.07) is -0.485. The molecule has 7 nitrogen and oxygen atoms in total. The molecular weight excluding hydrogens is 238 g/mol. The highest BCUT2D eigenvalue weighted by Crippen LogP contribution is 2.18. The van der Waals surface area contributed by atoms with Crippen LogP contribution in [0.1, 0.15) is 20.3 Å². The van der Waals surface area contributed by atoms with Crippen molar-refractivity contribution in [1.82, 2.24) is 9.80 Å². The molecule has 18 heavy (non-hydrogen) atoms. The average Bonchev–Trinajstić information content (AvgIpc) is 2.73. The minimum absolute atomic E-state index is 0.148. The van der Waals surface area contributed by atoms with Crippen LogP contribution in [0.5, 0.6) is 0 Å². The number of urea groups is 1. The predicted molar refractivity (Wildman–Crippen MR) is 63.7 cm³/mol. The van der Waals surface area contributed by atoms with Gasteiger partial charge >= 0.3 is 12.0 Å². The van der Waals surface area contributed by atoms with Crippen molar-refractivity contribution in [3.8, 4) is 0 Å². The SMILES string of the molecule is CC(C)N(CC(N)=O)C(=O)N1CCC(C(=O)O)C1. The summed E-state index contributed by atoms with van der Waals surface area (Å²) in [5, 5.41) is 8.88. The lowest BCUT2D eigenvalue weighted by Gasteiger charge is -2.30. The lowest BCUT2D eigenvalue weighted by molar-refractivity contribution is -0.141. The summed E-state index contributed by atoms with van der Waals surface area (Å²) < 4.78 is 0. The summed E-state index contributed by atoms with van der Waals surface area (Å²) in [4.78, 5) is 36.7. The lowest BCUT2D eigenvalue weighted by Crippen LogP contribution is -2.49. The van der Waals surface area contributed by atoms with Crippen molar-refractivity contribution in [3.05, 3.63) is 0 Å². The summed E-state index contributed by atoms with van der Waals surface area (Å²) in [5.74, 6) is -1.99. The molecule has 0 aromatic carbocycles. The Morgan fingerprint density at radius 1 is 1.44 bits per heavy atom. The fraction of sp³-hybridized carbons (Fsp3) is 0.727. The van der Waals surface area contributed by atoms with E-state index in [4.69, 9.17) is 10.8 Å². The molecule has 1 aliphatic rings. The van der Waals surface area contributed by atoms with E-state index in [0.29, 0.717) is 13.0 Å². The number of carboxylic acids is 1. The number of carboxylic acid groups (broad SMARTS) is 1. The van der Waals surface area contributed by atoms with E-state index in [0.717, 1.165) is 0 Å². The maximum atomic E-state index is 12.1. The molecule has 0 radical (unpaired) electrons. The first-order chi connectivity index (χ1) is 8.32. The van der Waals surface area contributed by atoms with E-state index in [-0.39, 0.29) is 25.2 Å². The Balaban J connectivity index is 2.67. The van der Waals surface area contributed by atoms with Crippen LogP contribution in [0.25, 0.3) is 0 Å². The molecule has 0 aromatic rings. The molecule has 3 N–H and O–H groups in total. The smallest absolute Gasteiger partial charge is 0.320 e. The number of aliphatic carboxylic acids is 1. The molecule has 1 rings (SSSR count). The molecule has 1 fully saturated rings. The summed E-state index contributed by atoms with van der Waals surface area (Å²) in [6.07, 6.45) is 0.448. The number of hydrogen-bond acceptors (Lipinski definition) is 3. The average molecular weight is 257 g/mol. The van der Waals surface area contributed by atoms with Crippen LogP contribution in [0, 0.1) is 5.92 Å². The molecule has 1 atom stereocenters. The van der Waals surface area contributed by atoms with Gasteiger partial charge in [0.15, 0.2) is 0 Å². The quantitative estimate of drug-likeness (QED) is 0.722. The van der Waals surface area contributed by atoms with Crippen molar-refractivity contribution in [1.29, 1.82) is 0 Å². The van der Waals surface area contributed by atoms with Crippen molar-refractivity contribution >= 4 is 17.9 Å². The standard InChI is InChI=1S/C11H19N3O4/c1-7(2)14(6-9(12)15)11(18)13-4-3-8(5-13)10(16)17/h7-8H,3-6H2,1-2H3,(H2,12,15)(H,16,17). The summed E-state index contributed by atoms with van der Waals surface area (Å²) >= 11 is 0. The number of likely N-dealkylation sites (tertiary alicyclic amines) is 1. The second-order valence-corrected chi connectivity index (χ2v) is 4.74.